The van der Waals surface area contributed by atoms with Crippen molar-refractivity contribution < 1.29 is 19.0 Å². The molecule has 0 unspecified atom stereocenters. The molecule has 3 heterocycles. The van der Waals surface area contributed by atoms with Crippen LogP contribution in [0.15, 0.2) is 54.6 Å². The molecule has 2 aromatic carbocycles. The van der Waals surface area contributed by atoms with Crippen LogP contribution in [0.5, 0.6) is 5.75 Å². The highest BCUT2D eigenvalue weighted by Crippen LogP contribution is 2.35. The predicted molar refractivity (Wildman–Crippen MR) is 106 cm³/mol. The number of benzene rings is 2. The summed E-state index contributed by atoms with van der Waals surface area (Å²) in [5.41, 5.74) is 1.48. The highest BCUT2D eigenvalue weighted by atomic mass is 16.6. The average Bonchev–Trinajstić information content (AvgIpc) is 3.52. The molecule has 2 fully saturated rings. The summed E-state index contributed by atoms with van der Waals surface area (Å²) < 4.78 is 18.9. The molecule has 30 heavy (non-hydrogen) atoms. The number of hydrogen-bond acceptors (Lipinski definition) is 7. The Morgan fingerprint density at radius 1 is 1.07 bits per heavy atom. The van der Waals surface area contributed by atoms with Crippen LogP contribution < -0.4 is 10.1 Å². The first-order valence-corrected chi connectivity index (χ1v) is 9.76. The zero-order chi connectivity index (χ0) is 20.5. The Bertz CT molecular complexity index is 1020. The predicted octanol–water partition coefficient (Wildman–Crippen LogP) is 1.49. The van der Waals surface area contributed by atoms with E-state index in [1.807, 2.05) is 30.3 Å². The number of tetrazole rings is 1. The fourth-order valence-corrected chi connectivity index (χ4v) is 4.00. The molecule has 2 saturated heterocycles. The number of ether oxygens (including phenoxy) is 3. The molecule has 1 aromatic heterocycles. The van der Waals surface area contributed by atoms with E-state index >= 15 is 0 Å². The van der Waals surface area contributed by atoms with Crippen molar-refractivity contribution in [3.63, 3.8) is 0 Å². The third kappa shape index (κ3) is 3.31. The fourth-order valence-electron chi connectivity index (χ4n) is 4.00. The molecular formula is C21H21N5O4. The van der Waals surface area contributed by atoms with Gasteiger partial charge in [-0.3, -0.25) is 4.79 Å². The van der Waals surface area contributed by atoms with Gasteiger partial charge in [0.15, 0.2) is 5.82 Å². The third-order valence-electron chi connectivity index (χ3n) is 5.53. The van der Waals surface area contributed by atoms with E-state index < -0.39 is 0 Å². The number of carbonyl (C=O) groups is 1. The molecule has 0 aliphatic carbocycles. The quantitative estimate of drug-likeness (QED) is 0.684. The van der Waals surface area contributed by atoms with Crippen molar-refractivity contribution in [3.05, 3.63) is 60.2 Å². The van der Waals surface area contributed by atoms with Crippen LogP contribution in [0.3, 0.4) is 0 Å². The van der Waals surface area contributed by atoms with Crippen LogP contribution >= 0.6 is 0 Å². The molecule has 5 rings (SSSR count). The van der Waals surface area contributed by atoms with Crippen LogP contribution in [0.1, 0.15) is 16.4 Å². The van der Waals surface area contributed by atoms with Crippen molar-refractivity contribution in [2.24, 2.45) is 0 Å². The average molecular weight is 407 g/mol. The summed E-state index contributed by atoms with van der Waals surface area (Å²) in [6.45, 7) is 0.783. The number of fused-ring (bicyclic) bond motifs is 1. The molecule has 4 atom stereocenters. The Labute approximate surface area is 172 Å². The molecule has 154 valence electrons. The Morgan fingerprint density at radius 3 is 2.60 bits per heavy atom. The summed E-state index contributed by atoms with van der Waals surface area (Å²) in [5, 5.41) is 15.2. The number of nitrogens with zero attached hydrogens (tertiary/aromatic N) is 4. The first-order chi connectivity index (χ1) is 14.7. The minimum absolute atomic E-state index is 0.164. The number of amides is 1. The summed E-state index contributed by atoms with van der Waals surface area (Å²) in [4.78, 5) is 12.6. The first-order valence-electron chi connectivity index (χ1n) is 9.76. The molecular weight excluding hydrogens is 386 g/mol. The molecule has 2 aliphatic heterocycles. The van der Waals surface area contributed by atoms with Crippen LogP contribution in [-0.4, -0.2) is 64.7 Å². The molecule has 0 radical (unpaired) electrons. The van der Waals surface area contributed by atoms with Gasteiger partial charge in [-0.1, -0.05) is 30.3 Å². The second-order valence-corrected chi connectivity index (χ2v) is 7.28. The molecule has 0 bridgehead atoms. The largest absolute Gasteiger partial charge is 0.497 e. The smallest absolute Gasteiger partial charge is 0.251 e. The fraction of sp³-hybridized carbons (Fsp3) is 0.333. The van der Waals surface area contributed by atoms with E-state index in [0.717, 1.165) is 5.56 Å². The third-order valence-corrected chi connectivity index (χ3v) is 5.53. The lowest BCUT2D eigenvalue weighted by Gasteiger charge is -2.18. The van der Waals surface area contributed by atoms with Crippen LogP contribution in [0, 0.1) is 0 Å². The van der Waals surface area contributed by atoms with Crippen LogP contribution in [0.2, 0.25) is 0 Å². The molecule has 1 N–H and O–H groups in total. The van der Waals surface area contributed by atoms with Gasteiger partial charge in [-0.25, -0.2) is 4.68 Å². The van der Waals surface area contributed by atoms with Gasteiger partial charge in [0.05, 0.1) is 26.4 Å². The highest BCUT2D eigenvalue weighted by Gasteiger charge is 2.50. The molecule has 3 aromatic rings. The molecule has 2 aliphatic rings. The summed E-state index contributed by atoms with van der Waals surface area (Å²) in [6, 6.07) is 16.3. The zero-order valence-electron chi connectivity index (χ0n) is 16.3. The monoisotopic (exact) mass is 407 g/mol. The highest BCUT2D eigenvalue weighted by molar-refractivity contribution is 5.94. The maximum Gasteiger partial charge on any atom is 0.251 e. The Kier molecular flexibility index (Phi) is 4.89. The van der Waals surface area contributed by atoms with Crippen molar-refractivity contribution in [1.82, 2.24) is 25.5 Å². The first kappa shape index (κ1) is 18.7. The summed E-state index contributed by atoms with van der Waals surface area (Å²) in [7, 11) is 1.59. The second-order valence-electron chi connectivity index (χ2n) is 7.28. The number of nitrogens with one attached hydrogen (secondary N) is 1. The molecule has 0 spiro atoms. The molecule has 9 nitrogen and oxygen atoms in total. The zero-order valence-corrected chi connectivity index (χ0v) is 16.3. The van der Waals surface area contributed by atoms with Gasteiger partial charge in [0, 0.05) is 11.1 Å². The van der Waals surface area contributed by atoms with Crippen molar-refractivity contribution >= 4 is 5.91 Å². The standard InChI is InChI=1S/C21H21N5O4/c1-28-15-9-7-14(8-10-15)21(27)22-16-11-29-19-17(12-30-18(16)19)26-20(23-24-25-26)13-5-3-2-4-6-13/h2-10,16-19H,11-12H2,1H3,(H,22,27)/t16-,17-,18+,19+/m0/s1. The van der Waals surface area contributed by atoms with Gasteiger partial charge in [-0.15, -0.1) is 5.10 Å². The van der Waals surface area contributed by atoms with E-state index in [-0.39, 0.29) is 30.2 Å². The van der Waals surface area contributed by atoms with E-state index in [9.17, 15) is 4.79 Å². The number of methoxy groups -OCH3 is 1. The van der Waals surface area contributed by atoms with Crippen molar-refractivity contribution in [1.29, 1.82) is 0 Å². The minimum atomic E-state index is -0.259. The topological polar surface area (TPSA) is 100 Å². The van der Waals surface area contributed by atoms with Gasteiger partial charge in [0.2, 0.25) is 0 Å². The molecule has 1 amide bonds. The Hall–Kier alpha value is -3.30. The normalized spacial score (nSPS) is 25.1. The lowest BCUT2D eigenvalue weighted by molar-refractivity contribution is 0.0615. The van der Waals surface area contributed by atoms with Crippen LogP contribution in [0.4, 0.5) is 0 Å². The maximum absolute atomic E-state index is 12.6. The number of hydrogen-bond donors (Lipinski definition) is 1. The Morgan fingerprint density at radius 2 is 1.83 bits per heavy atom. The van der Waals surface area contributed by atoms with E-state index in [4.69, 9.17) is 14.2 Å². The second kappa shape index (κ2) is 7.85. The number of carbonyl (C=O) groups excluding carboxylic acids is 1. The van der Waals surface area contributed by atoms with Gasteiger partial charge in [-0.2, -0.15) is 0 Å². The summed E-state index contributed by atoms with van der Waals surface area (Å²) >= 11 is 0. The summed E-state index contributed by atoms with van der Waals surface area (Å²) in [5.74, 6) is 1.19. The van der Waals surface area contributed by atoms with Gasteiger partial charge in [-0.05, 0) is 34.7 Å². The minimum Gasteiger partial charge on any atom is -0.497 e. The van der Waals surface area contributed by atoms with Gasteiger partial charge >= 0.3 is 0 Å². The van der Waals surface area contributed by atoms with E-state index in [0.29, 0.717) is 30.4 Å². The number of aromatic nitrogens is 4. The Balaban J connectivity index is 1.30. The molecule has 0 saturated carbocycles. The van der Waals surface area contributed by atoms with Gasteiger partial charge in [0.1, 0.15) is 24.0 Å². The van der Waals surface area contributed by atoms with Crippen LogP contribution in [0.25, 0.3) is 11.4 Å². The lowest BCUT2D eigenvalue weighted by Crippen LogP contribution is -2.44. The van der Waals surface area contributed by atoms with Crippen molar-refractivity contribution in [2.75, 3.05) is 20.3 Å². The molecule has 9 heteroatoms. The summed E-state index contributed by atoms with van der Waals surface area (Å²) in [6.07, 6.45) is -0.498. The number of rotatable bonds is 5. The lowest BCUT2D eigenvalue weighted by atomic mass is 10.1. The van der Waals surface area contributed by atoms with E-state index in [2.05, 4.69) is 20.8 Å². The maximum atomic E-state index is 12.6. The van der Waals surface area contributed by atoms with Gasteiger partial charge in [0.25, 0.3) is 5.91 Å². The van der Waals surface area contributed by atoms with E-state index in [1.54, 1.807) is 36.1 Å². The van der Waals surface area contributed by atoms with Crippen molar-refractivity contribution in [2.45, 2.75) is 24.3 Å². The van der Waals surface area contributed by atoms with Crippen LogP contribution in [-0.2, 0) is 9.47 Å². The SMILES string of the molecule is COc1ccc(C(=O)N[C@H]2CO[C@H]3[C@@H]2OC[C@@H]3n2nnnc2-c2ccccc2)cc1. The van der Waals surface area contributed by atoms with Gasteiger partial charge < -0.3 is 19.5 Å². The van der Waals surface area contributed by atoms with Crippen molar-refractivity contribution in [3.8, 4) is 17.1 Å². The van der Waals surface area contributed by atoms with E-state index in [1.165, 1.54) is 0 Å².